The van der Waals surface area contributed by atoms with Crippen LogP contribution >= 0.6 is 0 Å². The predicted molar refractivity (Wildman–Crippen MR) is 48.0 cm³/mol. The third kappa shape index (κ3) is 1.47. The molecule has 1 aliphatic carbocycles. The molecule has 0 aromatic rings. The molecule has 1 unspecified atom stereocenters. The summed E-state index contributed by atoms with van der Waals surface area (Å²) in [5.41, 5.74) is -0.611. The van der Waals surface area contributed by atoms with Crippen LogP contribution in [0.5, 0.6) is 0 Å². The Kier molecular flexibility index (Phi) is 2.10. The van der Waals surface area contributed by atoms with Gasteiger partial charge in [-0.3, -0.25) is 0 Å². The maximum atomic E-state index is 13.1. The lowest BCUT2D eigenvalue weighted by Crippen LogP contribution is -2.39. The first kappa shape index (κ1) is 9.38. The van der Waals surface area contributed by atoms with Crippen molar-refractivity contribution in [2.45, 2.75) is 38.5 Å². The highest BCUT2D eigenvalue weighted by atomic mass is 19.3. The van der Waals surface area contributed by atoms with Gasteiger partial charge in [-0.05, 0) is 32.4 Å². The number of piperidine rings is 1. The van der Waals surface area contributed by atoms with E-state index in [1.807, 2.05) is 0 Å². The summed E-state index contributed by atoms with van der Waals surface area (Å²) in [5, 5.41) is 0. The van der Waals surface area contributed by atoms with Gasteiger partial charge in [0, 0.05) is 13.0 Å². The van der Waals surface area contributed by atoms with Crippen LogP contribution in [0.25, 0.3) is 0 Å². The standard InChI is InChI=1S/C10H17F2N/c1-2-5-13-6-3-4-9(8-13)7-10(9,11)12/h2-8H2,1H3. The molecule has 2 fully saturated rings. The van der Waals surface area contributed by atoms with E-state index >= 15 is 0 Å². The highest BCUT2D eigenvalue weighted by Crippen LogP contribution is 2.64. The van der Waals surface area contributed by atoms with Crippen LogP contribution in [-0.2, 0) is 0 Å². The molecule has 2 aliphatic rings. The van der Waals surface area contributed by atoms with E-state index in [1.54, 1.807) is 0 Å². The number of rotatable bonds is 2. The fourth-order valence-electron chi connectivity index (χ4n) is 2.56. The lowest BCUT2D eigenvalue weighted by molar-refractivity contribution is 0.0249. The van der Waals surface area contributed by atoms with Gasteiger partial charge in [0.1, 0.15) is 0 Å². The first-order valence-corrected chi connectivity index (χ1v) is 5.20. The van der Waals surface area contributed by atoms with Crippen molar-refractivity contribution in [2.75, 3.05) is 19.6 Å². The number of hydrogen-bond donors (Lipinski definition) is 0. The van der Waals surface area contributed by atoms with Crippen molar-refractivity contribution in [1.82, 2.24) is 4.90 Å². The van der Waals surface area contributed by atoms with Crippen molar-refractivity contribution in [3.05, 3.63) is 0 Å². The van der Waals surface area contributed by atoms with E-state index in [9.17, 15) is 8.78 Å². The van der Waals surface area contributed by atoms with Gasteiger partial charge >= 0.3 is 0 Å². The zero-order valence-electron chi connectivity index (χ0n) is 8.15. The molecule has 0 bridgehead atoms. The summed E-state index contributed by atoms with van der Waals surface area (Å²) in [7, 11) is 0. The number of alkyl halides is 2. The first-order valence-electron chi connectivity index (χ1n) is 5.20. The van der Waals surface area contributed by atoms with Crippen molar-refractivity contribution < 1.29 is 8.78 Å². The molecule has 1 aliphatic heterocycles. The third-order valence-corrected chi connectivity index (χ3v) is 3.41. The summed E-state index contributed by atoms with van der Waals surface area (Å²) >= 11 is 0. The Bertz CT molecular complexity index is 203. The van der Waals surface area contributed by atoms with Crippen molar-refractivity contribution in [2.24, 2.45) is 5.41 Å². The zero-order chi connectivity index (χ0) is 9.53. The summed E-state index contributed by atoms with van der Waals surface area (Å²) in [6, 6.07) is 0. The minimum atomic E-state index is -2.35. The summed E-state index contributed by atoms with van der Waals surface area (Å²) < 4.78 is 26.1. The van der Waals surface area contributed by atoms with Crippen LogP contribution in [0.15, 0.2) is 0 Å². The van der Waals surface area contributed by atoms with Gasteiger partial charge < -0.3 is 4.90 Å². The summed E-state index contributed by atoms with van der Waals surface area (Å²) in [6.45, 7) is 4.74. The molecule has 0 N–H and O–H groups in total. The summed E-state index contributed by atoms with van der Waals surface area (Å²) in [6.07, 6.45) is 2.90. The molecule has 3 heteroatoms. The maximum absolute atomic E-state index is 13.1. The van der Waals surface area contributed by atoms with Gasteiger partial charge in [-0.25, -0.2) is 8.78 Å². The van der Waals surface area contributed by atoms with Crippen LogP contribution in [-0.4, -0.2) is 30.5 Å². The normalized spacial score (nSPS) is 38.1. The molecule has 76 valence electrons. The molecule has 1 saturated carbocycles. The molecule has 0 aromatic carbocycles. The van der Waals surface area contributed by atoms with Crippen LogP contribution in [0.4, 0.5) is 8.78 Å². The molecule has 0 radical (unpaired) electrons. The van der Waals surface area contributed by atoms with Crippen molar-refractivity contribution in [3.63, 3.8) is 0 Å². The smallest absolute Gasteiger partial charge is 0.255 e. The zero-order valence-corrected chi connectivity index (χ0v) is 8.15. The second kappa shape index (κ2) is 2.91. The quantitative estimate of drug-likeness (QED) is 0.645. The molecule has 1 atom stereocenters. The van der Waals surface area contributed by atoms with E-state index in [-0.39, 0.29) is 6.42 Å². The Balaban J connectivity index is 1.94. The van der Waals surface area contributed by atoms with Gasteiger partial charge in [0.25, 0.3) is 5.92 Å². The Morgan fingerprint density at radius 3 is 2.62 bits per heavy atom. The molecular weight excluding hydrogens is 172 g/mol. The highest BCUT2D eigenvalue weighted by Gasteiger charge is 2.71. The maximum Gasteiger partial charge on any atom is 0.255 e. The van der Waals surface area contributed by atoms with Crippen LogP contribution in [0, 0.1) is 5.41 Å². The van der Waals surface area contributed by atoms with Crippen LogP contribution in [0.2, 0.25) is 0 Å². The van der Waals surface area contributed by atoms with Gasteiger partial charge in [-0.2, -0.15) is 0 Å². The fourth-order valence-corrected chi connectivity index (χ4v) is 2.56. The number of likely N-dealkylation sites (tertiary alicyclic amines) is 1. The minimum absolute atomic E-state index is 0.139. The predicted octanol–water partition coefficient (Wildman–Crippen LogP) is 2.52. The largest absolute Gasteiger partial charge is 0.303 e. The molecule has 1 saturated heterocycles. The van der Waals surface area contributed by atoms with E-state index in [0.29, 0.717) is 6.54 Å². The van der Waals surface area contributed by atoms with Gasteiger partial charge in [-0.15, -0.1) is 0 Å². The Morgan fingerprint density at radius 2 is 2.08 bits per heavy atom. The molecular formula is C10H17F2N. The summed E-state index contributed by atoms with van der Waals surface area (Å²) in [4.78, 5) is 2.20. The third-order valence-electron chi connectivity index (χ3n) is 3.41. The lowest BCUT2D eigenvalue weighted by Gasteiger charge is -2.32. The van der Waals surface area contributed by atoms with E-state index < -0.39 is 11.3 Å². The molecule has 1 nitrogen and oxygen atoms in total. The van der Waals surface area contributed by atoms with Crippen LogP contribution in [0.1, 0.15) is 32.6 Å². The second-order valence-corrected chi connectivity index (χ2v) is 4.54. The summed E-state index contributed by atoms with van der Waals surface area (Å²) in [5.74, 6) is -2.35. The highest BCUT2D eigenvalue weighted by molar-refractivity contribution is 5.12. The van der Waals surface area contributed by atoms with Crippen molar-refractivity contribution >= 4 is 0 Å². The average Bonchev–Trinajstić information content (AvgIpc) is 2.52. The SMILES string of the molecule is CCCN1CCCC2(C1)CC2(F)F. The molecule has 1 heterocycles. The van der Waals surface area contributed by atoms with Crippen LogP contribution < -0.4 is 0 Å². The number of hydrogen-bond acceptors (Lipinski definition) is 1. The molecule has 0 amide bonds. The monoisotopic (exact) mass is 189 g/mol. The van der Waals surface area contributed by atoms with Crippen molar-refractivity contribution in [3.8, 4) is 0 Å². The lowest BCUT2D eigenvalue weighted by atomic mass is 9.94. The number of halogens is 2. The fraction of sp³-hybridized carbons (Fsp3) is 1.00. The van der Waals surface area contributed by atoms with Gasteiger partial charge in [0.05, 0.1) is 5.41 Å². The van der Waals surface area contributed by atoms with E-state index in [1.165, 1.54) is 0 Å². The van der Waals surface area contributed by atoms with Gasteiger partial charge in [0.15, 0.2) is 0 Å². The average molecular weight is 189 g/mol. The van der Waals surface area contributed by atoms with E-state index in [2.05, 4.69) is 11.8 Å². The molecule has 0 aromatic heterocycles. The van der Waals surface area contributed by atoms with E-state index in [4.69, 9.17) is 0 Å². The molecule has 1 spiro atoms. The molecule has 13 heavy (non-hydrogen) atoms. The van der Waals surface area contributed by atoms with Gasteiger partial charge in [-0.1, -0.05) is 6.92 Å². The Labute approximate surface area is 78.1 Å². The van der Waals surface area contributed by atoms with Crippen LogP contribution in [0.3, 0.4) is 0 Å². The second-order valence-electron chi connectivity index (χ2n) is 4.54. The Hall–Kier alpha value is -0.180. The van der Waals surface area contributed by atoms with Gasteiger partial charge in [0.2, 0.25) is 0 Å². The first-order chi connectivity index (χ1) is 6.10. The Morgan fingerprint density at radius 1 is 1.38 bits per heavy atom. The topological polar surface area (TPSA) is 3.24 Å². The molecule has 2 rings (SSSR count). The van der Waals surface area contributed by atoms with E-state index in [0.717, 1.165) is 32.4 Å². The number of nitrogens with zero attached hydrogens (tertiary/aromatic N) is 1. The van der Waals surface area contributed by atoms with Crippen molar-refractivity contribution in [1.29, 1.82) is 0 Å². The minimum Gasteiger partial charge on any atom is -0.303 e.